The Morgan fingerprint density at radius 2 is 1.86 bits per heavy atom. The molecule has 1 atom stereocenters. The molecule has 1 unspecified atom stereocenters. The summed E-state index contributed by atoms with van der Waals surface area (Å²) in [5.74, 6) is -0.0477. The zero-order valence-corrected chi connectivity index (χ0v) is 13.6. The second kappa shape index (κ2) is 9.01. The lowest BCUT2D eigenvalue weighted by Gasteiger charge is -2.35. The van der Waals surface area contributed by atoms with E-state index in [-0.39, 0.29) is 11.9 Å². The van der Waals surface area contributed by atoms with Crippen molar-refractivity contribution in [1.29, 1.82) is 5.26 Å². The number of carbonyl (C=O) groups is 1. The van der Waals surface area contributed by atoms with Crippen molar-refractivity contribution in [3.8, 4) is 6.07 Å². The molecule has 1 rings (SSSR count). The summed E-state index contributed by atoms with van der Waals surface area (Å²) in [7, 11) is 3.25. The van der Waals surface area contributed by atoms with Crippen molar-refractivity contribution in [1.82, 2.24) is 4.90 Å². The van der Waals surface area contributed by atoms with Crippen molar-refractivity contribution >= 4 is 5.91 Å². The highest BCUT2D eigenvalue weighted by Gasteiger charge is 2.42. The molecular weight excluding hydrogens is 268 g/mol. The van der Waals surface area contributed by atoms with Crippen LogP contribution < -0.4 is 0 Å². The molecule has 21 heavy (non-hydrogen) atoms. The van der Waals surface area contributed by atoms with Crippen LogP contribution in [0, 0.1) is 16.7 Å². The van der Waals surface area contributed by atoms with E-state index in [0.29, 0.717) is 32.6 Å². The molecule has 0 aromatic carbocycles. The van der Waals surface area contributed by atoms with Crippen LogP contribution in [0.5, 0.6) is 0 Å². The van der Waals surface area contributed by atoms with Crippen LogP contribution in [0.4, 0.5) is 0 Å². The number of hydrogen-bond donors (Lipinski definition) is 0. The van der Waals surface area contributed by atoms with Crippen LogP contribution >= 0.6 is 0 Å². The molecule has 1 saturated carbocycles. The first-order chi connectivity index (χ1) is 10.1. The zero-order chi connectivity index (χ0) is 15.7. The molecule has 0 N–H and O–H groups in total. The number of nitriles is 1. The number of ether oxygens (including phenoxy) is 2. The van der Waals surface area contributed by atoms with Crippen molar-refractivity contribution in [3.63, 3.8) is 0 Å². The van der Waals surface area contributed by atoms with Crippen LogP contribution in [0.2, 0.25) is 0 Å². The summed E-state index contributed by atoms with van der Waals surface area (Å²) in [5.41, 5.74) is -0.855. The van der Waals surface area contributed by atoms with Gasteiger partial charge in [-0.05, 0) is 19.8 Å². The van der Waals surface area contributed by atoms with Crippen molar-refractivity contribution < 1.29 is 14.3 Å². The van der Waals surface area contributed by atoms with Crippen LogP contribution in [0.25, 0.3) is 0 Å². The van der Waals surface area contributed by atoms with E-state index in [1.54, 1.807) is 19.1 Å². The van der Waals surface area contributed by atoms with E-state index < -0.39 is 5.41 Å². The molecule has 0 aromatic heterocycles. The van der Waals surface area contributed by atoms with E-state index >= 15 is 0 Å². The third kappa shape index (κ3) is 4.69. The third-order valence-electron chi connectivity index (χ3n) is 4.32. The lowest BCUT2D eigenvalue weighted by Crippen LogP contribution is -2.50. The lowest BCUT2D eigenvalue weighted by molar-refractivity contribution is -0.143. The van der Waals surface area contributed by atoms with Gasteiger partial charge in [-0.15, -0.1) is 0 Å². The van der Waals surface area contributed by atoms with Gasteiger partial charge in [0.15, 0.2) is 0 Å². The smallest absolute Gasteiger partial charge is 0.243 e. The van der Waals surface area contributed by atoms with Gasteiger partial charge in [-0.1, -0.05) is 25.7 Å². The monoisotopic (exact) mass is 296 g/mol. The Morgan fingerprint density at radius 1 is 1.24 bits per heavy atom. The van der Waals surface area contributed by atoms with Gasteiger partial charge in [-0.25, -0.2) is 0 Å². The SMILES string of the molecule is COCCN(C(=O)C1(C#N)CCCCCC1)C(C)COC. The van der Waals surface area contributed by atoms with Crippen molar-refractivity contribution in [2.24, 2.45) is 5.41 Å². The molecule has 5 nitrogen and oxygen atoms in total. The Morgan fingerprint density at radius 3 is 2.33 bits per heavy atom. The summed E-state index contributed by atoms with van der Waals surface area (Å²) in [6.45, 7) is 3.40. The van der Waals surface area contributed by atoms with E-state index in [4.69, 9.17) is 9.47 Å². The summed E-state index contributed by atoms with van der Waals surface area (Å²) in [6.07, 6.45) is 5.48. The van der Waals surface area contributed by atoms with Crippen LogP contribution in [-0.4, -0.2) is 50.8 Å². The zero-order valence-electron chi connectivity index (χ0n) is 13.6. The maximum atomic E-state index is 13.0. The van der Waals surface area contributed by atoms with Gasteiger partial charge in [0.05, 0.1) is 25.3 Å². The summed E-state index contributed by atoms with van der Waals surface area (Å²) >= 11 is 0. The molecule has 1 aliphatic rings. The van der Waals surface area contributed by atoms with Gasteiger partial charge < -0.3 is 14.4 Å². The van der Waals surface area contributed by atoms with Crippen molar-refractivity contribution in [2.75, 3.05) is 34.0 Å². The minimum atomic E-state index is -0.855. The highest BCUT2D eigenvalue weighted by atomic mass is 16.5. The lowest BCUT2D eigenvalue weighted by atomic mass is 9.80. The Balaban J connectivity index is 2.92. The molecular formula is C16H28N2O3. The normalized spacial score (nSPS) is 19.3. The highest BCUT2D eigenvalue weighted by molar-refractivity contribution is 5.85. The molecule has 1 amide bonds. The van der Waals surface area contributed by atoms with Gasteiger partial charge >= 0.3 is 0 Å². The van der Waals surface area contributed by atoms with E-state index in [1.165, 1.54) is 0 Å². The molecule has 1 fully saturated rings. The fourth-order valence-electron chi connectivity index (χ4n) is 3.02. The summed E-state index contributed by atoms with van der Waals surface area (Å²) in [6, 6.07) is 2.29. The van der Waals surface area contributed by atoms with E-state index in [1.807, 2.05) is 6.92 Å². The van der Waals surface area contributed by atoms with Crippen molar-refractivity contribution in [2.45, 2.75) is 51.5 Å². The summed E-state index contributed by atoms with van der Waals surface area (Å²) in [5, 5.41) is 9.66. The first kappa shape index (κ1) is 17.9. The average Bonchev–Trinajstić information content (AvgIpc) is 2.74. The molecule has 0 bridgehead atoms. The molecule has 5 heteroatoms. The van der Waals surface area contributed by atoms with E-state index in [9.17, 15) is 10.1 Å². The standard InChI is InChI=1S/C16H28N2O3/c1-14(12-21-3)18(10-11-20-2)15(19)16(13-17)8-6-4-5-7-9-16/h14H,4-12H2,1-3H3. The number of nitrogens with zero attached hydrogens (tertiary/aromatic N) is 2. The second-order valence-electron chi connectivity index (χ2n) is 5.90. The first-order valence-corrected chi connectivity index (χ1v) is 7.81. The third-order valence-corrected chi connectivity index (χ3v) is 4.32. The summed E-state index contributed by atoms with van der Waals surface area (Å²) in [4.78, 5) is 14.8. The maximum absolute atomic E-state index is 13.0. The maximum Gasteiger partial charge on any atom is 0.243 e. The van der Waals surface area contributed by atoms with Gasteiger partial charge in [0.1, 0.15) is 5.41 Å². The Bertz CT molecular complexity index is 357. The molecule has 1 aliphatic carbocycles. The molecule has 0 saturated heterocycles. The molecule has 0 aliphatic heterocycles. The van der Waals surface area contributed by atoms with Crippen molar-refractivity contribution in [3.05, 3.63) is 0 Å². The molecule has 0 spiro atoms. The molecule has 0 radical (unpaired) electrons. The summed E-state index contributed by atoms with van der Waals surface area (Å²) < 4.78 is 10.3. The van der Waals surface area contributed by atoms with Gasteiger partial charge in [0.2, 0.25) is 5.91 Å². The van der Waals surface area contributed by atoms with Crippen LogP contribution in [-0.2, 0) is 14.3 Å². The average molecular weight is 296 g/mol. The van der Waals surface area contributed by atoms with Gasteiger partial charge in [-0.3, -0.25) is 4.79 Å². The minimum Gasteiger partial charge on any atom is -0.383 e. The molecule has 0 aromatic rings. The van der Waals surface area contributed by atoms with Crippen LogP contribution in [0.15, 0.2) is 0 Å². The highest BCUT2D eigenvalue weighted by Crippen LogP contribution is 2.36. The topological polar surface area (TPSA) is 62.6 Å². The Labute approximate surface area is 128 Å². The number of hydrogen-bond acceptors (Lipinski definition) is 4. The number of amides is 1. The predicted octanol–water partition coefficient (Wildman–Crippen LogP) is 2.36. The predicted molar refractivity (Wildman–Crippen MR) is 80.7 cm³/mol. The first-order valence-electron chi connectivity index (χ1n) is 7.81. The number of rotatable bonds is 7. The second-order valence-corrected chi connectivity index (χ2v) is 5.90. The number of carbonyl (C=O) groups excluding carboxylic acids is 1. The Hall–Kier alpha value is -1.12. The fourth-order valence-corrected chi connectivity index (χ4v) is 3.02. The molecule has 120 valence electrons. The molecule has 0 heterocycles. The van der Waals surface area contributed by atoms with Gasteiger partial charge in [0.25, 0.3) is 0 Å². The van der Waals surface area contributed by atoms with Gasteiger partial charge in [-0.2, -0.15) is 5.26 Å². The Kier molecular flexibility index (Phi) is 7.69. The van der Waals surface area contributed by atoms with Crippen LogP contribution in [0.1, 0.15) is 45.4 Å². The van der Waals surface area contributed by atoms with Gasteiger partial charge in [0, 0.05) is 20.8 Å². The minimum absolute atomic E-state index is 0.0477. The van der Waals surface area contributed by atoms with E-state index in [2.05, 4.69) is 6.07 Å². The fraction of sp³-hybridized carbons (Fsp3) is 0.875. The quantitative estimate of drug-likeness (QED) is 0.677. The van der Waals surface area contributed by atoms with E-state index in [0.717, 1.165) is 25.7 Å². The largest absolute Gasteiger partial charge is 0.383 e. The number of methoxy groups -OCH3 is 2. The van der Waals surface area contributed by atoms with Crippen LogP contribution in [0.3, 0.4) is 0 Å².